The summed E-state index contributed by atoms with van der Waals surface area (Å²) in [6.07, 6.45) is 1.81. The fraction of sp³-hybridized carbons (Fsp3) is 0.167. The van der Waals surface area contributed by atoms with E-state index < -0.39 is 0 Å². The van der Waals surface area contributed by atoms with E-state index in [9.17, 15) is 9.59 Å². The quantitative estimate of drug-likeness (QED) is 0.630. The van der Waals surface area contributed by atoms with Crippen molar-refractivity contribution in [2.45, 2.75) is 13.8 Å². The predicted octanol–water partition coefficient (Wildman–Crippen LogP) is 4.20. The average Bonchev–Trinajstić information content (AvgIpc) is 3.15. The van der Waals surface area contributed by atoms with Gasteiger partial charge in [-0.2, -0.15) is 0 Å². The third kappa shape index (κ3) is 4.18. The maximum Gasteiger partial charge on any atom is 0.266 e. The number of nitrogens with zero attached hydrogens (tertiary/aromatic N) is 1. The first-order valence-electron chi connectivity index (χ1n) is 7.60. The van der Waals surface area contributed by atoms with Gasteiger partial charge in [0.15, 0.2) is 0 Å². The molecule has 2 heterocycles. The van der Waals surface area contributed by atoms with E-state index >= 15 is 0 Å². The normalized spacial score (nSPS) is 15.9. The molecule has 7 heteroatoms. The maximum atomic E-state index is 12.5. The van der Waals surface area contributed by atoms with E-state index in [1.807, 2.05) is 55.6 Å². The number of rotatable bonds is 4. The van der Waals surface area contributed by atoms with Crippen molar-refractivity contribution < 1.29 is 9.59 Å². The number of aryl methyl sites for hydroxylation is 2. The van der Waals surface area contributed by atoms with Gasteiger partial charge in [-0.25, -0.2) is 0 Å². The molecular weight excluding hydrogens is 372 g/mol. The Morgan fingerprint density at radius 2 is 2.08 bits per heavy atom. The van der Waals surface area contributed by atoms with Crippen LogP contribution in [0.3, 0.4) is 0 Å². The zero-order valence-electron chi connectivity index (χ0n) is 13.7. The lowest BCUT2D eigenvalue weighted by atomic mass is 10.1. The molecule has 0 bridgehead atoms. The van der Waals surface area contributed by atoms with Gasteiger partial charge >= 0.3 is 0 Å². The van der Waals surface area contributed by atoms with E-state index in [0.717, 1.165) is 16.0 Å². The second kappa shape index (κ2) is 7.51. The second-order valence-electron chi connectivity index (χ2n) is 5.63. The van der Waals surface area contributed by atoms with Crippen LogP contribution in [0.1, 0.15) is 16.0 Å². The number of carbonyl (C=O) groups excluding carboxylic acids is 2. The summed E-state index contributed by atoms with van der Waals surface area (Å²) >= 11 is 8.04. The lowest BCUT2D eigenvalue weighted by Gasteiger charge is -2.14. The third-order valence-corrected chi connectivity index (χ3v) is 5.98. The van der Waals surface area contributed by atoms with Crippen LogP contribution in [-0.4, -0.2) is 27.6 Å². The molecule has 1 aliphatic heterocycles. The first-order valence-corrected chi connectivity index (χ1v) is 9.70. The molecule has 3 rings (SSSR count). The van der Waals surface area contributed by atoms with Crippen LogP contribution in [0.25, 0.3) is 6.08 Å². The summed E-state index contributed by atoms with van der Waals surface area (Å²) in [5.74, 6) is -0.490. The maximum absolute atomic E-state index is 12.5. The Morgan fingerprint density at radius 1 is 1.28 bits per heavy atom. The number of anilines is 1. The lowest BCUT2D eigenvalue weighted by molar-refractivity contribution is -0.126. The van der Waals surface area contributed by atoms with Gasteiger partial charge in [0, 0.05) is 10.6 Å². The molecule has 0 saturated carbocycles. The highest BCUT2D eigenvalue weighted by molar-refractivity contribution is 8.26. The number of thiophene rings is 1. The van der Waals surface area contributed by atoms with Crippen molar-refractivity contribution in [3.8, 4) is 0 Å². The minimum absolute atomic E-state index is 0.0840. The number of hydrogen-bond acceptors (Lipinski definition) is 5. The van der Waals surface area contributed by atoms with Gasteiger partial charge in [0.1, 0.15) is 10.9 Å². The number of nitrogens with one attached hydrogen (secondary N) is 1. The van der Waals surface area contributed by atoms with E-state index in [1.165, 1.54) is 16.7 Å². The second-order valence-corrected chi connectivity index (χ2v) is 8.29. The molecule has 1 saturated heterocycles. The van der Waals surface area contributed by atoms with Crippen molar-refractivity contribution >= 4 is 63.2 Å². The molecule has 0 aliphatic carbocycles. The predicted molar refractivity (Wildman–Crippen MR) is 109 cm³/mol. The Kier molecular flexibility index (Phi) is 5.36. The van der Waals surface area contributed by atoms with Gasteiger partial charge in [-0.15, -0.1) is 11.3 Å². The number of carbonyl (C=O) groups is 2. The Balaban J connectivity index is 1.67. The summed E-state index contributed by atoms with van der Waals surface area (Å²) in [5, 5.41) is 4.77. The summed E-state index contributed by atoms with van der Waals surface area (Å²) in [4.78, 5) is 27.7. The topological polar surface area (TPSA) is 49.4 Å². The number of benzene rings is 1. The first kappa shape index (κ1) is 17.8. The molecule has 1 N–H and O–H groups in total. The summed E-state index contributed by atoms with van der Waals surface area (Å²) in [5.41, 5.74) is 2.98. The standard InChI is InChI=1S/C18H16N2O2S3/c1-11-5-6-13(8-12(11)2)19-16(21)10-20-17(22)15(25-18(20)23)9-14-4-3-7-24-14/h3-9H,10H2,1-2H3,(H,19,21). The fourth-order valence-electron chi connectivity index (χ4n) is 2.30. The van der Waals surface area contributed by atoms with Crippen molar-refractivity contribution in [2.75, 3.05) is 11.9 Å². The van der Waals surface area contributed by atoms with Gasteiger partial charge in [0.2, 0.25) is 5.91 Å². The van der Waals surface area contributed by atoms with Gasteiger partial charge in [-0.1, -0.05) is 36.1 Å². The van der Waals surface area contributed by atoms with Crippen molar-refractivity contribution in [3.63, 3.8) is 0 Å². The smallest absolute Gasteiger partial charge is 0.266 e. The van der Waals surface area contributed by atoms with E-state index in [4.69, 9.17) is 12.2 Å². The van der Waals surface area contributed by atoms with Gasteiger partial charge in [-0.3, -0.25) is 14.5 Å². The average molecular weight is 389 g/mol. The fourth-order valence-corrected chi connectivity index (χ4v) is 4.28. The zero-order valence-corrected chi connectivity index (χ0v) is 16.2. The van der Waals surface area contributed by atoms with Crippen molar-refractivity contribution in [3.05, 3.63) is 56.6 Å². The van der Waals surface area contributed by atoms with Crippen LogP contribution >= 0.6 is 35.3 Å². The van der Waals surface area contributed by atoms with E-state index in [2.05, 4.69) is 5.32 Å². The number of thiocarbonyl (C=S) groups is 1. The van der Waals surface area contributed by atoms with Gasteiger partial charge in [0.25, 0.3) is 5.91 Å². The SMILES string of the molecule is Cc1ccc(NC(=O)CN2C(=O)C(=Cc3cccs3)SC2=S)cc1C. The van der Waals surface area contributed by atoms with E-state index in [-0.39, 0.29) is 18.4 Å². The highest BCUT2D eigenvalue weighted by Crippen LogP contribution is 2.33. The van der Waals surface area contributed by atoms with Crippen LogP contribution in [0.5, 0.6) is 0 Å². The molecule has 0 radical (unpaired) electrons. The largest absolute Gasteiger partial charge is 0.325 e. The lowest BCUT2D eigenvalue weighted by Crippen LogP contribution is -2.36. The highest BCUT2D eigenvalue weighted by Gasteiger charge is 2.33. The van der Waals surface area contributed by atoms with Crippen molar-refractivity contribution in [1.82, 2.24) is 4.90 Å². The van der Waals surface area contributed by atoms with Crippen LogP contribution in [0, 0.1) is 13.8 Å². The Labute approximate surface area is 159 Å². The molecule has 4 nitrogen and oxygen atoms in total. The van der Waals surface area contributed by atoms with Crippen LogP contribution in [-0.2, 0) is 9.59 Å². The number of thioether (sulfide) groups is 1. The van der Waals surface area contributed by atoms with Crippen LogP contribution in [0.15, 0.2) is 40.6 Å². The summed E-state index contributed by atoms with van der Waals surface area (Å²) in [6, 6.07) is 9.57. The molecule has 128 valence electrons. The third-order valence-electron chi connectivity index (χ3n) is 3.78. The molecule has 1 aromatic carbocycles. The molecule has 0 unspecified atom stereocenters. The molecule has 0 spiro atoms. The molecule has 25 heavy (non-hydrogen) atoms. The zero-order chi connectivity index (χ0) is 18.0. The van der Waals surface area contributed by atoms with Gasteiger partial charge in [0.05, 0.1) is 4.91 Å². The molecule has 2 amide bonds. The highest BCUT2D eigenvalue weighted by atomic mass is 32.2. The van der Waals surface area contributed by atoms with Crippen molar-refractivity contribution in [1.29, 1.82) is 0 Å². The summed E-state index contributed by atoms with van der Waals surface area (Å²) < 4.78 is 0.406. The first-order chi connectivity index (χ1) is 11.9. The Bertz CT molecular complexity index is 872. The Hall–Kier alpha value is -1.96. The number of hydrogen-bond donors (Lipinski definition) is 1. The monoisotopic (exact) mass is 388 g/mol. The molecule has 2 aromatic rings. The van der Waals surface area contributed by atoms with Gasteiger partial charge < -0.3 is 5.32 Å². The minimum Gasteiger partial charge on any atom is -0.325 e. The van der Waals surface area contributed by atoms with E-state index in [1.54, 1.807) is 11.3 Å². The van der Waals surface area contributed by atoms with Crippen LogP contribution < -0.4 is 5.32 Å². The summed E-state index contributed by atoms with van der Waals surface area (Å²) in [6.45, 7) is 3.92. The summed E-state index contributed by atoms with van der Waals surface area (Å²) in [7, 11) is 0. The van der Waals surface area contributed by atoms with E-state index in [0.29, 0.717) is 14.9 Å². The molecule has 1 aromatic heterocycles. The molecule has 1 fully saturated rings. The Morgan fingerprint density at radius 3 is 2.76 bits per heavy atom. The molecule has 1 aliphatic rings. The number of amides is 2. The van der Waals surface area contributed by atoms with Crippen LogP contribution in [0.2, 0.25) is 0 Å². The molecule has 0 atom stereocenters. The van der Waals surface area contributed by atoms with Crippen LogP contribution in [0.4, 0.5) is 5.69 Å². The van der Waals surface area contributed by atoms with Crippen molar-refractivity contribution in [2.24, 2.45) is 0 Å². The molecular formula is C18H16N2O2S3. The van der Waals surface area contributed by atoms with Gasteiger partial charge in [-0.05, 0) is 54.6 Å². The minimum atomic E-state index is -0.267.